The lowest BCUT2D eigenvalue weighted by molar-refractivity contribution is 0.110. The van der Waals surface area contributed by atoms with Gasteiger partial charge in [-0.2, -0.15) is 0 Å². The van der Waals surface area contributed by atoms with E-state index in [9.17, 15) is 8.42 Å². The van der Waals surface area contributed by atoms with Crippen LogP contribution in [0, 0.1) is 0 Å². The molecule has 0 aliphatic carbocycles. The Labute approximate surface area is 85.9 Å². The fraction of sp³-hybridized carbons (Fsp3) is 1.00. The third-order valence-electron chi connectivity index (χ3n) is 2.56. The Morgan fingerprint density at radius 1 is 1.57 bits per heavy atom. The van der Waals surface area contributed by atoms with Gasteiger partial charge in [-0.1, -0.05) is 0 Å². The van der Waals surface area contributed by atoms with Gasteiger partial charge in [0.1, 0.15) is 0 Å². The molecule has 0 aromatic carbocycles. The zero-order valence-electron chi connectivity index (χ0n) is 8.82. The summed E-state index contributed by atoms with van der Waals surface area (Å²) in [5.41, 5.74) is 0. The van der Waals surface area contributed by atoms with E-state index in [4.69, 9.17) is 4.74 Å². The van der Waals surface area contributed by atoms with Gasteiger partial charge in [0.15, 0.2) is 9.84 Å². The Bertz CT molecular complexity index is 257. The average Bonchev–Trinajstić information content (AvgIpc) is 2.55. The van der Waals surface area contributed by atoms with E-state index in [1.54, 1.807) is 6.92 Å². The topological polar surface area (TPSA) is 55.4 Å². The van der Waals surface area contributed by atoms with Crippen LogP contribution in [0.4, 0.5) is 0 Å². The number of hydrogen-bond acceptors (Lipinski definition) is 4. The number of nitrogens with one attached hydrogen (secondary N) is 1. The van der Waals surface area contributed by atoms with Crippen molar-refractivity contribution in [1.29, 1.82) is 0 Å². The van der Waals surface area contributed by atoms with E-state index in [0.29, 0.717) is 6.54 Å². The first kappa shape index (κ1) is 11.9. The lowest BCUT2D eigenvalue weighted by Gasteiger charge is -2.13. The maximum absolute atomic E-state index is 11.1. The minimum absolute atomic E-state index is 0.279. The van der Waals surface area contributed by atoms with Gasteiger partial charge in [-0.15, -0.1) is 0 Å². The van der Waals surface area contributed by atoms with E-state index in [-0.39, 0.29) is 11.4 Å². The molecule has 1 N–H and O–H groups in total. The summed E-state index contributed by atoms with van der Waals surface area (Å²) in [7, 11) is -2.90. The zero-order chi connectivity index (χ0) is 10.6. The molecule has 5 heteroatoms. The Kier molecular flexibility index (Phi) is 4.34. The second-order valence-electron chi connectivity index (χ2n) is 3.93. The van der Waals surface area contributed by atoms with Crippen molar-refractivity contribution >= 4 is 9.84 Å². The first-order valence-electron chi connectivity index (χ1n) is 5.01. The van der Waals surface area contributed by atoms with Crippen LogP contribution in [0.3, 0.4) is 0 Å². The van der Waals surface area contributed by atoms with E-state index < -0.39 is 9.84 Å². The van der Waals surface area contributed by atoms with Crippen LogP contribution < -0.4 is 5.32 Å². The van der Waals surface area contributed by atoms with Crippen molar-refractivity contribution in [1.82, 2.24) is 5.32 Å². The number of ether oxygens (including phenoxy) is 1. The smallest absolute Gasteiger partial charge is 0.151 e. The molecule has 0 amide bonds. The first-order valence-corrected chi connectivity index (χ1v) is 6.97. The standard InChI is InChI=1S/C9H19NO3S/c1-8(14(2,11)12)6-10-7-9-4-3-5-13-9/h8-10H,3-7H2,1-2H3. The molecule has 0 bridgehead atoms. The summed E-state index contributed by atoms with van der Waals surface area (Å²) in [4.78, 5) is 0. The van der Waals surface area contributed by atoms with Gasteiger partial charge in [0.2, 0.25) is 0 Å². The number of sulfone groups is 1. The lowest BCUT2D eigenvalue weighted by Crippen LogP contribution is -2.35. The molecule has 2 atom stereocenters. The molecule has 1 aliphatic heterocycles. The van der Waals surface area contributed by atoms with Crippen molar-refractivity contribution in [3.63, 3.8) is 0 Å². The van der Waals surface area contributed by atoms with Crippen molar-refractivity contribution < 1.29 is 13.2 Å². The van der Waals surface area contributed by atoms with Crippen molar-refractivity contribution in [2.75, 3.05) is 26.0 Å². The predicted octanol–water partition coefficient (Wildman–Crippen LogP) is 0.188. The van der Waals surface area contributed by atoms with Crippen LogP contribution in [0.5, 0.6) is 0 Å². The van der Waals surface area contributed by atoms with Crippen molar-refractivity contribution in [2.24, 2.45) is 0 Å². The highest BCUT2D eigenvalue weighted by Crippen LogP contribution is 2.10. The van der Waals surface area contributed by atoms with Gasteiger partial charge < -0.3 is 10.1 Å². The van der Waals surface area contributed by atoms with E-state index in [2.05, 4.69) is 5.32 Å². The molecule has 4 nitrogen and oxygen atoms in total. The molecular formula is C9H19NO3S. The van der Waals surface area contributed by atoms with Crippen molar-refractivity contribution in [3.05, 3.63) is 0 Å². The second-order valence-corrected chi connectivity index (χ2v) is 6.40. The Morgan fingerprint density at radius 2 is 2.29 bits per heavy atom. The van der Waals surface area contributed by atoms with Gasteiger partial charge in [0, 0.05) is 26.0 Å². The lowest BCUT2D eigenvalue weighted by atomic mass is 10.2. The number of hydrogen-bond donors (Lipinski definition) is 1. The summed E-state index contributed by atoms with van der Waals surface area (Å²) in [6, 6.07) is 0. The Balaban J connectivity index is 2.14. The van der Waals surface area contributed by atoms with E-state index in [1.807, 2.05) is 0 Å². The van der Waals surface area contributed by atoms with Gasteiger partial charge in [0.05, 0.1) is 11.4 Å². The van der Waals surface area contributed by atoms with Crippen molar-refractivity contribution in [2.45, 2.75) is 31.1 Å². The van der Waals surface area contributed by atoms with Crippen molar-refractivity contribution in [3.8, 4) is 0 Å². The van der Waals surface area contributed by atoms with Crippen LogP contribution in [0.1, 0.15) is 19.8 Å². The minimum atomic E-state index is -2.90. The van der Waals surface area contributed by atoms with Gasteiger partial charge in [-0.05, 0) is 19.8 Å². The molecule has 84 valence electrons. The van der Waals surface area contributed by atoms with Crippen LogP contribution in [0.2, 0.25) is 0 Å². The fourth-order valence-electron chi connectivity index (χ4n) is 1.40. The summed E-state index contributed by atoms with van der Waals surface area (Å²) in [6.45, 7) is 3.84. The molecule has 1 saturated heterocycles. The van der Waals surface area contributed by atoms with Crippen LogP contribution in [0.15, 0.2) is 0 Å². The van der Waals surface area contributed by atoms with Crippen LogP contribution in [-0.4, -0.2) is 45.7 Å². The molecule has 0 aromatic heterocycles. The molecule has 2 unspecified atom stereocenters. The molecule has 1 rings (SSSR count). The Hall–Kier alpha value is -0.130. The normalized spacial score (nSPS) is 25.1. The maximum atomic E-state index is 11.1. The summed E-state index contributed by atoms with van der Waals surface area (Å²) < 4.78 is 27.6. The highest BCUT2D eigenvalue weighted by Gasteiger charge is 2.17. The van der Waals surface area contributed by atoms with Crippen LogP contribution in [-0.2, 0) is 14.6 Å². The van der Waals surface area contributed by atoms with E-state index in [1.165, 1.54) is 6.26 Å². The molecule has 0 saturated carbocycles. The summed E-state index contributed by atoms with van der Waals surface area (Å²) in [6.07, 6.45) is 3.75. The number of rotatable bonds is 5. The summed E-state index contributed by atoms with van der Waals surface area (Å²) in [5.74, 6) is 0. The highest BCUT2D eigenvalue weighted by molar-refractivity contribution is 7.91. The molecular weight excluding hydrogens is 202 g/mol. The summed E-state index contributed by atoms with van der Waals surface area (Å²) >= 11 is 0. The first-order chi connectivity index (χ1) is 6.50. The van der Waals surface area contributed by atoms with Gasteiger partial charge >= 0.3 is 0 Å². The van der Waals surface area contributed by atoms with Crippen LogP contribution in [0.25, 0.3) is 0 Å². The molecule has 0 spiro atoms. The molecule has 1 heterocycles. The van der Waals surface area contributed by atoms with E-state index in [0.717, 1.165) is 26.0 Å². The molecule has 1 fully saturated rings. The molecule has 0 aromatic rings. The summed E-state index contributed by atoms with van der Waals surface area (Å²) in [5, 5.41) is 2.81. The minimum Gasteiger partial charge on any atom is -0.377 e. The average molecular weight is 221 g/mol. The molecule has 14 heavy (non-hydrogen) atoms. The van der Waals surface area contributed by atoms with Crippen LogP contribution >= 0.6 is 0 Å². The Morgan fingerprint density at radius 3 is 2.79 bits per heavy atom. The third kappa shape index (κ3) is 3.94. The quantitative estimate of drug-likeness (QED) is 0.720. The predicted molar refractivity (Wildman–Crippen MR) is 56.1 cm³/mol. The SMILES string of the molecule is CC(CNCC1CCCO1)S(C)(=O)=O. The second kappa shape index (κ2) is 5.09. The van der Waals surface area contributed by atoms with Gasteiger partial charge in [-0.25, -0.2) is 8.42 Å². The monoisotopic (exact) mass is 221 g/mol. The van der Waals surface area contributed by atoms with E-state index >= 15 is 0 Å². The highest BCUT2D eigenvalue weighted by atomic mass is 32.2. The molecule has 0 radical (unpaired) electrons. The maximum Gasteiger partial charge on any atom is 0.151 e. The third-order valence-corrected chi connectivity index (χ3v) is 4.19. The molecule has 1 aliphatic rings. The fourth-order valence-corrected chi connectivity index (χ4v) is 1.82. The largest absolute Gasteiger partial charge is 0.377 e. The van der Waals surface area contributed by atoms with Gasteiger partial charge in [-0.3, -0.25) is 0 Å². The zero-order valence-corrected chi connectivity index (χ0v) is 9.64. The van der Waals surface area contributed by atoms with Gasteiger partial charge in [0.25, 0.3) is 0 Å².